The molecule has 29 heavy (non-hydrogen) atoms. The molecule has 6 heteroatoms. The lowest BCUT2D eigenvalue weighted by Gasteiger charge is -2.10. The maximum atomic E-state index is 12.9. The first-order chi connectivity index (χ1) is 14.2. The van der Waals surface area contributed by atoms with Crippen molar-refractivity contribution in [2.45, 2.75) is 12.8 Å². The molecule has 3 rings (SSSR count). The van der Waals surface area contributed by atoms with E-state index in [-0.39, 0.29) is 11.7 Å². The van der Waals surface area contributed by atoms with Gasteiger partial charge in [-0.2, -0.15) is 0 Å². The summed E-state index contributed by atoms with van der Waals surface area (Å²) in [5.41, 5.74) is 3.35. The summed E-state index contributed by atoms with van der Waals surface area (Å²) in [6, 6.07) is 16.0. The Morgan fingerprint density at radius 3 is 2.62 bits per heavy atom. The van der Waals surface area contributed by atoms with Crippen LogP contribution in [0.25, 0.3) is 0 Å². The van der Waals surface area contributed by atoms with E-state index in [0.29, 0.717) is 25.1 Å². The average Bonchev–Trinajstić information content (AvgIpc) is 2.75. The summed E-state index contributed by atoms with van der Waals surface area (Å²) in [6.07, 6.45) is 4.65. The molecule has 3 aromatic rings. The lowest BCUT2D eigenvalue weighted by molar-refractivity contribution is 0.0953. The zero-order valence-electron chi connectivity index (χ0n) is 16.3. The summed E-state index contributed by atoms with van der Waals surface area (Å²) in [5, 5.41) is 6.16. The van der Waals surface area contributed by atoms with Crippen LogP contribution in [-0.2, 0) is 12.8 Å². The number of benzene rings is 2. The molecule has 0 saturated heterocycles. The van der Waals surface area contributed by atoms with Crippen molar-refractivity contribution in [1.29, 1.82) is 0 Å². The number of carbonyl (C=O) groups is 1. The molecule has 0 aliphatic heterocycles. The van der Waals surface area contributed by atoms with E-state index in [1.807, 2.05) is 24.3 Å². The molecule has 0 radical (unpaired) electrons. The summed E-state index contributed by atoms with van der Waals surface area (Å²) in [5.74, 6) is 0.403. The third-order valence-electron chi connectivity index (χ3n) is 4.53. The largest absolute Gasteiger partial charge is 0.496 e. The highest BCUT2D eigenvalue weighted by atomic mass is 19.1. The number of ether oxygens (including phenoxy) is 1. The van der Waals surface area contributed by atoms with E-state index in [0.717, 1.165) is 29.0 Å². The average molecular weight is 393 g/mol. The number of methoxy groups -OCH3 is 1. The van der Waals surface area contributed by atoms with Crippen molar-refractivity contribution in [3.8, 4) is 5.75 Å². The van der Waals surface area contributed by atoms with Gasteiger partial charge in [0.15, 0.2) is 0 Å². The first kappa shape index (κ1) is 20.3. The molecule has 2 N–H and O–H groups in total. The fraction of sp³-hybridized carbons (Fsp3) is 0.217. The highest BCUT2D eigenvalue weighted by molar-refractivity contribution is 5.94. The molecule has 0 aliphatic carbocycles. The topological polar surface area (TPSA) is 63.2 Å². The van der Waals surface area contributed by atoms with Crippen molar-refractivity contribution in [2.24, 2.45) is 0 Å². The van der Waals surface area contributed by atoms with Gasteiger partial charge in [0.2, 0.25) is 0 Å². The van der Waals surface area contributed by atoms with Crippen LogP contribution in [-0.4, -0.2) is 31.1 Å². The molecule has 0 fully saturated rings. The van der Waals surface area contributed by atoms with E-state index in [2.05, 4.69) is 15.6 Å². The van der Waals surface area contributed by atoms with Gasteiger partial charge in [0.25, 0.3) is 5.91 Å². The van der Waals surface area contributed by atoms with E-state index in [1.54, 1.807) is 37.7 Å². The van der Waals surface area contributed by atoms with Gasteiger partial charge in [-0.3, -0.25) is 9.78 Å². The van der Waals surface area contributed by atoms with Crippen molar-refractivity contribution in [3.05, 3.63) is 89.5 Å². The molecule has 0 aliphatic rings. The van der Waals surface area contributed by atoms with Crippen molar-refractivity contribution in [1.82, 2.24) is 10.3 Å². The second-order valence-corrected chi connectivity index (χ2v) is 6.58. The molecule has 5 nitrogen and oxygen atoms in total. The third-order valence-corrected chi connectivity index (χ3v) is 4.53. The fourth-order valence-corrected chi connectivity index (χ4v) is 2.99. The van der Waals surface area contributed by atoms with Crippen LogP contribution in [0.3, 0.4) is 0 Å². The van der Waals surface area contributed by atoms with E-state index < -0.39 is 0 Å². The molecule has 0 saturated carbocycles. The van der Waals surface area contributed by atoms with Gasteiger partial charge in [0, 0.05) is 25.5 Å². The lowest BCUT2D eigenvalue weighted by atomic mass is 10.1. The quantitative estimate of drug-likeness (QED) is 0.580. The highest BCUT2D eigenvalue weighted by Gasteiger charge is 2.08. The third kappa shape index (κ3) is 6.04. The Balaban J connectivity index is 1.49. The fourth-order valence-electron chi connectivity index (χ4n) is 2.99. The Morgan fingerprint density at radius 1 is 1.03 bits per heavy atom. The van der Waals surface area contributed by atoms with Gasteiger partial charge in [0.05, 0.1) is 18.4 Å². The van der Waals surface area contributed by atoms with Gasteiger partial charge in [-0.25, -0.2) is 4.39 Å². The van der Waals surface area contributed by atoms with Gasteiger partial charge in [-0.05, 0) is 48.2 Å². The molecule has 1 heterocycles. The standard InChI is InChI=1S/C23H24FN3O2/c1-29-22-5-3-2-4-18(22)11-13-27-23(28)19-14-21(16-25-15-19)26-12-10-17-6-8-20(24)9-7-17/h2-9,14-16,26H,10-13H2,1H3,(H,27,28). The molecular formula is C23H24FN3O2. The van der Waals surface area contributed by atoms with Crippen LogP contribution in [0.5, 0.6) is 5.75 Å². The summed E-state index contributed by atoms with van der Waals surface area (Å²) in [6.45, 7) is 1.16. The van der Waals surface area contributed by atoms with Crippen molar-refractivity contribution < 1.29 is 13.9 Å². The molecule has 0 unspecified atom stereocenters. The van der Waals surface area contributed by atoms with Gasteiger partial charge >= 0.3 is 0 Å². The molecule has 0 bridgehead atoms. The SMILES string of the molecule is COc1ccccc1CCNC(=O)c1cncc(NCCc2ccc(F)cc2)c1. The summed E-state index contributed by atoms with van der Waals surface area (Å²) in [7, 11) is 1.64. The van der Waals surface area contributed by atoms with Crippen LogP contribution in [0.2, 0.25) is 0 Å². The Kier molecular flexibility index (Phi) is 7.16. The summed E-state index contributed by atoms with van der Waals surface area (Å²) < 4.78 is 18.3. The number of carbonyl (C=O) groups excluding carboxylic acids is 1. The van der Waals surface area contributed by atoms with Crippen LogP contribution in [0.1, 0.15) is 21.5 Å². The minimum Gasteiger partial charge on any atom is -0.496 e. The van der Waals surface area contributed by atoms with Crippen LogP contribution in [0.4, 0.5) is 10.1 Å². The molecule has 0 spiro atoms. The smallest absolute Gasteiger partial charge is 0.252 e. The van der Waals surface area contributed by atoms with Crippen LogP contribution in [0.15, 0.2) is 67.0 Å². The molecule has 1 amide bonds. The van der Waals surface area contributed by atoms with E-state index in [4.69, 9.17) is 4.74 Å². The number of nitrogens with one attached hydrogen (secondary N) is 2. The highest BCUT2D eigenvalue weighted by Crippen LogP contribution is 2.17. The lowest BCUT2D eigenvalue weighted by Crippen LogP contribution is -2.26. The molecule has 2 aromatic carbocycles. The van der Waals surface area contributed by atoms with Crippen molar-refractivity contribution in [2.75, 3.05) is 25.5 Å². The minimum atomic E-state index is -0.240. The number of hydrogen-bond donors (Lipinski definition) is 2. The maximum Gasteiger partial charge on any atom is 0.252 e. The summed E-state index contributed by atoms with van der Waals surface area (Å²) in [4.78, 5) is 16.6. The molecular weight excluding hydrogens is 369 g/mol. The maximum absolute atomic E-state index is 12.9. The van der Waals surface area contributed by atoms with Gasteiger partial charge in [0.1, 0.15) is 11.6 Å². The van der Waals surface area contributed by atoms with Crippen molar-refractivity contribution >= 4 is 11.6 Å². The Labute approximate surface area is 169 Å². The normalized spacial score (nSPS) is 10.4. The first-order valence-electron chi connectivity index (χ1n) is 9.49. The number of anilines is 1. The number of halogens is 1. The monoisotopic (exact) mass is 393 g/mol. The van der Waals surface area contributed by atoms with Crippen LogP contribution in [0, 0.1) is 5.82 Å². The number of nitrogens with zero attached hydrogens (tertiary/aromatic N) is 1. The van der Waals surface area contributed by atoms with E-state index in [1.165, 1.54) is 12.1 Å². The summed E-state index contributed by atoms with van der Waals surface area (Å²) >= 11 is 0. The van der Waals surface area contributed by atoms with Gasteiger partial charge < -0.3 is 15.4 Å². The minimum absolute atomic E-state index is 0.172. The van der Waals surface area contributed by atoms with Gasteiger partial charge in [-0.15, -0.1) is 0 Å². The number of para-hydroxylation sites is 1. The predicted molar refractivity (Wildman–Crippen MR) is 112 cm³/mol. The number of aromatic nitrogens is 1. The Hall–Kier alpha value is -3.41. The zero-order chi connectivity index (χ0) is 20.5. The molecule has 0 atom stereocenters. The van der Waals surface area contributed by atoms with Crippen LogP contribution >= 0.6 is 0 Å². The zero-order valence-corrected chi connectivity index (χ0v) is 16.3. The number of pyridine rings is 1. The Bertz CT molecular complexity index is 945. The first-order valence-corrected chi connectivity index (χ1v) is 9.49. The number of amides is 1. The van der Waals surface area contributed by atoms with E-state index in [9.17, 15) is 9.18 Å². The predicted octanol–water partition coefficient (Wildman–Crippen LogP) is 3.86. The second kappa shape index (κ2) is 10.2. The molecule has 150 valence electrons. The number of hydrogen-bond acceptors (Lipinski definition) is 4. The van der Waals surface area contributed by atoms with Crippen molar-refractivity contribution in [3.63, 3.8) is 0 Å². The second-order valence-electron chi connectivity index (χ2n) is 6.58. The molecule has 1 aromatic heterocycles. The number of rotatable bonds is 9. The van der Waals surface area contributed by atoms with Gasteiger partial charge in [-0.1, -0.05) is 30.3 Å². The Morgan fingerprint density at radius 2 is 1.83 bits per heavy atom. The van der Waals surface area contributed by atoms with E-state index >= 15 is 0 Å². The van der Waals surface area contributed by atoms with Crippen LogP contribution < -0.4 is 15.4 Å².